The van der Waals surface area contributed by atoms with Crippen LogP contribution in [-0.4, -0.2) is 19.0 Å². The molecule has 1 aliphatic heterocycles. The molecule has 18 heavy (non-hydrogen) atoms. The van der Waals surface area contributed by atoms with Crippen molar-refractivity contribution in [1.82, 2.24) is 5.32 Å². The van der Waals surface area contributed by atoms with E-state index in [0.29, 0.717) is 0 Å². The fourth-order valence-electron chi connectivity index (χ4n) is 2.45. The van der Waals surface area contributed by atoms with Crippen LogP contribution in [0.4, 0.5) is 5.69 Å². The van der Waals surface area contributed by atoms with Crippen molar-refractivity contribution < 1.29 is 4.79 Å². The summed E-state index contributed by atoms with van der Waals surface area (Å²) in [6.45, 7) is 6.08. The maximum absolute atomic E-state index is 12.1. The monoisotopic (exact) mass is 246 g/mol. The Labute approximate surface area is 109 Å². The summed E-state index contributed by atoms with van der Waals surface area (Å²) in [6.07, 6.45) is 3.08. The lowest BCUT2D eigenvalue weighted by Gasteiger charge is -2.22. The number of carbonyl (C=O) groups is 1. The average molecular weight is 246 g/mol. The molecule has 1 aromatic carbocycles. The molecule has 98 valence electrons. The minimum atomic E-state index is 0.116. The van der Waals surface area contributed by atoms with E-state index < -0.39 is 0 Å². The second-order valence-corrected chi connectivity index (χ2v) is 5.03. The van der Waals surface area contributed by atoms with Gasteiger partial charge in [-0.15, -0.1) is 0 Å². The molecule has 2 N–H and O–H groups in total. The summed E-state index contributed by atoms with van der Waals surface area (Å²) in [6, 6.07) is 6.15. The molecule has 1 unspecified atom stereocenters. The molecule has 1 aromatic rings. The summed E-state index contributed by atoms with van der Waals surface area (Å²) in [4.78, 5) is 12.1. The molecule has 1 fully saturated rings. The minimum Gasteiger partial charge on any atom is -0.326 e. The second-order valence-electron chi connectivity index (χ2n) is 5.03. The number of anilines is 1. The van der Waals surface area contributed by atoms with Gasteiger partial charge in [0.25, 0.3) is 0 Å². The Morgan fingerprint density at radius 3 is 3.00 bits per heavy atom. The highest BCUT2D eigenvalue weighted by molar-refractivity contribution is 5.92. The normalized spacial score (nSPS) is 19.6. The highest BCUT2D eigenvalue weighted by Gasteiger charge is 2.20. The molecule has 0 aromatic heterocycles. The zero-order valence-corrected chi connectivity index (χ0v) is 11.3. The number of hydrogen-bond donors (Lipinski definition) is 2. The van der Waals surface area contributed by atoms with Crippen molar-refractivity contribution in [1.29, 1.82) is 0 Å². The summed E-state index contributed by atoms with van der Waals surface area (Å²) in [5.41, 5.74) is 3.51. The number of piperidine rings is 1. The molecule has 2 rings (SSSR count). The first-order chi connectivity index (χ1) is 8.70. The molecule has 0 radical (unpaired) electrons. The van der Waals surface area contributed by atoms with Gasteiger partial charge in [0.1, 0.15) is 0 Å². The van der Waals surface area contributed by atoms with Crippen LogP contribution >= 0.6 is 0 Å². The SMILES string of the molecule is CCc1cc(NC(=O)C2CCCNC2)ccc1C. The van der Waals surface area contributed by atoms with Crippen LogP contribution in [0.3, 0.4) is 0 Å². The van der Waals surface area contributed by atoms with Gasteiger partial charge in [0.15, 0.2) is 0 Å². The maximum Gasteiger partial charge on any atom is 0.228 e. The Morgan fingerprint density at radius 2 is 2.33 bits per heavy atom. The summed E-state index contributed by atoms with van der Waals surface area (Å²) in [5, 5.41) is 6.31. The van der Waals surface area contributed by atoms with Crippen molar-refractivity contribution in [3.05, 3.63) is 29.3 Å². The van der Waals surface area contributed by atoms with Crippen LogP contribution in [-0.2, 0) is 11.2 Å². The van der Waals surface area contributed by atoms with Crippen molar-refractivity contribution in [3.63, 3.8) is 0 Å². The lowest BCUT2D eigenvalue weighted by atomic mass is 9.98. The molecule has 1 aliphatic rings. The summed E-state index contributed by atoms with van der Waals surface area (Å²) in [5.74, 6) is 0.262. The molecule has 0 spiro atoms. The molecule has 3 nitrogen and oxygen atoms in total. The maximum atomic E-state index is 12.1. The Kier molecular flexibility index (Phi) is 4.37. The number of aryl methyl sites for hydroxylation is 2. The first kappa shape index (κ1) is 13.1. The van der Waals surface area contributed by atoms with Crippen LogP contribution in [0.1, 0.15) is 30.9 Å². The van der Waals surface area contributed by atoms with Gasteiger partial charge >= 0.3 is 0 Å². The summed E-state index contributed by atoms with van der Waals surface area (Å²) in [7, 11) is 0. The van der Waals surface area contributed by atoms with E-state index in [1.54, 1.807) is 0 Å². The van der Waals surface area contributed by atoms with Crippen LogP contribution in [0, 0.1) is 12.8 Å². The Balaban J connectivity index is 2.02. The van der Waals surface area contributed by atoms with Gasteiger partial charge in [-0.25, -0.2) is 0 Å². The fraction of sp³-hybridized carbons (Fsp3) is 0.533. The van der Waals surface area contributed by atoms with Crippen LogP contribution < -0.4 is 10.6 Å². The van der Waals surface area contributed by atoms with Crippen LogP contribution in [0.15, 0.2) is 18.2 Å². The molecule has 1 amide bonds. The quantitative estimate of drug-likeness (QED) is 0.860. The van der Waals surface area contributed by atoms with E-state index in [2.05, 4.69) is 36.6 Å². The van der Waals surface area contributed by atoms with Crippen LogP contribution in [0.2, 0.25) is 0 Å². The zero-order chi connectivity index (χ0) is 13.0. The highest BCUT2D eigenvalue weighted by atomic mass is 16.1. The molecular weight excluding hydrogens is 224 g/mol. The average Bonchev–Trinajstić information content (AvgIpc) is 2.42. The van der Waals surface area contributed by atoms with Crippen molar-refractivity contribution >= 4 is 11.6 Å². The summed E-state index contributed by atoms with van der Waals surface area (Å²) >= 11 is 0. The van der Waals surface area contributed by atoms with Gasteiger partial charge in [-0.05, 0) is 56.0 Å². The van der Waals surface area contributed by atoms with Gasteiger partial charge < -0.3 is 10.6 Å². The third-order valence-corrected chi connectivity index (χ3v) is 3.67. The Bertz CT molecular complexity index is 423. The number of hydrogen-bond acceptors (Lipinski definition) is 2. The molecule has 0 saturated carbocycles. The fourth-order valence-corrected chi connectivity index (χ4v) is 2.45. The molecular formula is C15H22N2O. The predicted molar refractivity (Wildman–Crippen MR) is 74.8 cm³/mol. The van der Waals surface area contributed by atoms with E-state index in [1.807, 2.05) is 6.07 Å². The van der Waals surface area contributed by atoms with Crippen molar-refractivity contribution in [2.24, 2.45) is 5.92 Å². The third-order valence-electron chi connectivity index (χ3n) is 3.67. The van der Waals surface area contributed by atoms with Gasteiger partial charge in [-0.2, -0.15) is 0 Å². The van der Waals surface area contributed by atoms with E-state index in [0.717, 1.165) is 38.0 Å². The smallest absolute Gasteiger partial charge is 0.228 e. The molecule has 0 bridgehead atoms. The largest absolute Gasteiger partial charge is 0.326 e. The van der Waals surface area contributed by atoms with Gasteiger partial charge in [0.05, 0.1) is 5.92 Å². The standard InChI is InChI=1S/C15H22N2O/c1-3-12-9-14(7-6-11(12)2)17-15(18)13-5-4-8-16-10-13/h6-7,9,13,16H,3-5,8,10H2,1-2H3,(H,17,18). The highest BCUT2D eigenvalue weighted by Crippen LogP contribution is 2.18. The Morgan fingerprint density at radius 1 is 1.50 bits per heavy atom. The topological polar surface area (TPSA) is 41.1 Å². The van der Waals surface area contributed by atoms with Gasteiger partial charge in [0.2, 0.25) is 5.91 Å². The first-order valence-corrected chi connectivity index (χ1v) is 6.82. The van der Waals surface area contributed by atoms with Crippen molar-refractivity contribution in [2.45, 2.75) is 33.1 Å². The molecule has 1 saturated heterocycles. The van der Waals surface area contributed by atoms with E-state index >= 15 is 0 Å². The predicted octanol–water partition coefficient (Wildman–Crippen LogP) is 2.50. The van der Waals surface area contributed by atoms with Crippen LogP contribution in [0.5, 0.6) is 0 Å². The van der Waals surface area contributed by atoms with E-state index in [4.69, 9.17) is 0 Å². The lowest BCUT2D eigenvalue weighted by molar-refractivity contribution is -0.120. The zero-order valence-electron chi connectivity index (χ0n) is 11.3. The van der Waals surface area contributed by atoms with Gasteiger partial charge in [-0.1, -0.05) is 13.0 Å². The first-order valence-electron chi connectivity index (χ1n) is 6.82. The van der Waals surface area contributed by atoms with Crippen molar-refractivity contribution in [2.75, 3.05) is 18.4 Å². The lowest BCUT2D eigenvalue weighted by Crippen LogP contribution is -2.37. The number of carbonyl (C=O) groups excluding carboxylic acids is 1. The third kappa shape index (κ3) is 3.10. The van der Waals surface area contributed by atoms with Crippen LogP contribution in [0.25, 0.3) is 0 Å². The molecule has 3 heteroatoms. The number of benzene rings is 1. The molecule has 1 atom stereocenters. The molecule has 0 aliphatic carbocycles. The minimum absolute atomic E-state index is 0.116. The van der Waals surface area contributed by atoms with E-state index in [-0.39, 0.29) is 11.8 Å². The number of amides is 1. The second kappa shape index (κ2) is 6.01. The van der Waals surface area contributed by atoms with E-state index in [9.17, 15) is 4.79 Å². The number of nitrogens with one attached hydrogen (secondary N) is 2. The number of rotatable bonds is 3. The molecule has 1 heterocycles. The van der Waals surface area contributed by atoms with Gasteiger partial charge in [-0.3, -0.25) is 4.79 Å². The van der Waals surface area contributed by atoms with E-state index in [1.165, 1.54) is 11.1 Å². The Hall–Kier alpha value is -1.35. The van der Waals surface area contributed by atoms with Gasteiger partial charge in [0, 0.05) is 12.2 Å². The van der Waals surface area contributed by atoms with Crippen molar-refractivity contribution in [3.8, 4) is 0 Å². The summed E-state index contributed by atoms with van der Waals surface area (Å²) < 4.78 is 0.